The van der Waals surface area contributed by atoms with Crippen molar-refractivity contribution in [3.8, 4) is 0 Å². The highest BCUT2D eigenvalue weighted by Crippen LogP contribution is 1.91. The SMILES string of the molecule is NCCNCCOCOCCNCCN(CCOCOCCNCCN)CCOCOCCNCCN. The lowest BCUT2D eigenvalue weighted by atomic mass is 10.4. The summed E-state index contributed by atoms with van der Waals surface area (Å²) in [5.74, 6) is 0. The van der Waals surface area contributed by atoms with Crippen LogP contribution in [0, 0.1) is 0 Å². The van der Waals surface area contributed by atoms with Crippen molar-refractivity contribution in [1.29, 1.82) is 0 Å². The van der Waals surface area contributed by atoms with Gasteiger partial charge in [0.2, 0.25) is 0 Å². The van der Waals surface area contributed by atoms with Gasteiger partial charge in [-0.1, -0.05) is 0 Å². The molecule has 0 saturated heterocycles. The first-order valence-electron chi connectivity index (χ1n) is 13.5. The molecule has 0 atom stereocenters. The summed E-state index contributed by atoms with van der Waals surface area (Å²) in [6, 6.07) is 0. The van der Waals surface area contributed by atoms with Gasteiger partial charge in [-0.15, -0.1) is 0 Å². The van der Waals surface area contributed by atoms with Gasteiger partial charge in [-0.3, -0.25) is 4.90 Å². The normalized spacial score (nSPS) is 11.7. The number of rotatable bonds is 33. The third-order valence-corrected chi connectivity index (χ3v) is 4.86. The standard InChI is InChI=1S/C23H56N8O6/c24-1-4-27-8-15-32-21-33-18-11-30-7-12-31(13-19-36-22-34-16-9-28-5-2-25)14-20-37-23-35-17-10-29-6-3-26/h27-30H,1-26H2. The molecule has 224 valence electrons. The molecular weight excluding hydrogens is 484 g/mol. The smallest absolute Gasteiger partial charge is 0.146 e. The van der Waals surface area contributed by atoms with Gasteiger partial charge in [0.25, 0.3) is 0 Å². The Morgan fingerprint density at radius 3 is 1.05 bits per heavy atom. The second-order valence-corrected chi connectivity index (χ2v) is 8.01. The summed E-state index contributed by atoms with van der Waals surface area (Å²) in [5.41, 5.74) is 16.3. The average molecular weight is 541 g/mol. The molecule has 0 aromatic heterocycles. The molecule has 0 fully saturated rings. The third kappa shape index (κ3) is 31.6. The molecule has 0 aliphatic heterocycles. The maximum absolute atomic E-state index is 5.61. The molecule has 0 radical (unpaired) electrons. The highest BCUT2D eigenvalue weighted by Gasteiger charge is 2.05. The molecule has 0 aromatic rings. The summed E-state index contributed by atoms with van der Waals surface area (Å²) in [6.07, 6.45) is 0. The largest absolute Gasteiger partial charge is 0.354 e. The number of hydrogen-bond donors (Lipinski definition) is 7. The van der Waals surface area contributed by atoms with E-state index in [2.05, 4.69) is 26.2 Å². The van der Waals surface area contributed by atoms with E-state index in [0.29, 0.717) is 66.1 Å². The van der Waals surface area contributed by atoms with Crippen molar-refractivity contribution in [2.75, 3.05) is 152 Å². The molecule has 0 aromatic carbocycles. The van der Waals surface area contributed by atoms with E-state index >= 15 is 0 Å². The fourth-order valence-electron chi connectivity index (χ4n) is 2.87. The average Bonchev–Trinajstić information content (AvgIpc) is 2.91. The van der Waals surface area contributed by atoms with Crippen LogP contribution in [0.2, 0.25) is 0 Å². The van der Waals surface area contributed by atoms with Gasteiger partial charge in [0.05, 0.1) is 39.6 Å². The van der Waals surface area contributed by atoms with Crippen LogP contribution in [0.1, 0.15) is 0 Å². The second kappa shape index (κ2) is 33.5. The zero-order valence-corrected chi connectivity index (χ0v) is 22.9. The first kappa shape index (κ1) is 36.4. The zero-order chi connectivity index (χ0) is 26.9. The molecule has 0 unspecified atom stereocenters. The predicted molar refractivity (Wildman–Crippen MR) is 145 cm³/mol. The molecule has 0 rings (SSSR count). The van der Waals surface area contributed by atoms with Gasteiger partial charge < -0.3 is 66.9 Å². The Bertz CT molecular complexity index is 399. The van der Waals surface area contributed by atoms with Crippen molar-refractivity contribution in [3.05, 3.63) is 0 Å². The summed E-state index contributed by atoms with van der Waals surface area (Å²) in [5, 5.41) is 12.9. The number of ether oxygens (including phenoxy) is 6. The summed E-state index contributed by atoms with van der Waals surface area (Å²) >= 11 is 0. The molecule has 0 saturated carbocycles. The van der Waals surface area contributed by atoms with Crippen molar-refractivity contribution in [1.82, 2.24) is 26.2 Å². The lowest BCUT2D eigenvalue weighted by Crippen LogP contribution is -2.37. The van der Waals surface area contributed by atoms with E-state index in [1.165, 1.54) is 0 Å². The minimum atomic E-state index is 0.279. The number of nitrogens with zero attached hydrogens (tertiary/aromatic N) is 1. The minimum Gasteiger partial charge on any atom is -0.354 e. The van der Waals surface area contributed by atoms with E-state index < -0.39 is 0 Å². The van der Waals surface area contributed by atoms with Crippen molar-refractivity contribution < 1.29 is 28.4 Å². The molecule has 0 spiro atoms. The van der Waals surface area contributed by atoms with Gasteiger partial charge >= 0.3 is 0 Å². The topological polar surface area (TPSA) is 185 Å². The molecule has 0 heterocycles. The Labute approximate surface area is 223 Å². The van der Waals surface area contributed by atoms with E-state index in [9.17, 15) is 0 Å². The molecule has 14 nitrogen and oxygen atoms in total. The van der Waals surface area contributed by atoms with Crippen LogP contribution in [0.5, 0.6) is 0 Å². The fraction of sp³-hybridized carbons (Fsp3) is 1.00. The Morgan fingerprint density at radius 2 is 0.703 bits per heavy atom. The van der Waals surface area contributed by atoms with Crippen LogP contribution in [0.25, 0.3) is 0 Å². The number of nitrogens with two attached hydrogens (primary N) is 3. The van der Waals surface area contributed by atoms with Gasteiger partial charge in [-0.25, -0.2) is 0 Å². The molecule has 0 aliphatic carbocycles. The van der Waals surface area contributed by atoms with E-state index in [-0.39, 0.29) is 13.6 Å². The van der Waals surface area contributed by atoms with E-state index in [1.54, 1.807) is 0 Å². The summed E-state index contributed by atoms with van der Waals surface area (Å²) in [4.78, 5) is 2.29. The first-order chi connectivity index (χ1) is 18.3. The van der Waals surface area contributed by atoms with Crippen LogP contribution in [-0.4, -0.2) is 157 Å². The van der Waals surface area contributed by atoms with Gasteiger partial charge in [-0.2, -0.15) is 0 Å². The van der Waals surface area contributed by atoms with Crippen molar-refractivity contribution in [3.63, 3.8) is 0 Å². The quantitative estimate of drug-likeness (QED) is 0.0321. The van der Waals surface area contributed by atoms with Crippen molar-refractivity contribution >= 4 is 0 Å². The maximum atomic E-state index is 5.61. The highest BCUT2D eigenvalue weighted by atomic mass is 16.7. The van der Waals surface area contributed by atoms with E-state index in [4.69, 9.17) is 45.6 Å². The van der Waals surface area contributed by atoms with Gasteiger partial charge in [-0.05, 0) is 0 Å². The summed E-state index contributed by atoms with van der Waals surface area (Å²) in [7, 11) is 0. The third-order valence-electron chi connectivity index (χ3n) is 4.86. The second-order valence-electron chi connectivity index (χ2n) is 8.01. The van der Waals surface area contributed by atoms with Crippen molar-refractivity contribution in [2.45, 2.75) is 0 Å². The highest BCUT2D eigenvalue weighted by molar-refractivity contribution is 4.60. The number of hydrogen-bond acceptors (Lipinski definition) is 14. The fourth-order valence-corrected chi connectivity index (χ4v) is 2.87. The zero-order valence-electron chi connectivity index (χ0n) is 22.9. The van der Waals surface area contributed by atoms with Crippen LogP contribution < -0.4 is 38.5 Å². The maximum Gasteiger partial charge on any atom is 0.146 e. The molecule has 0 aliphatic rings. The van der Waals surface area contributed by atoms with Crippen LogP contribution in [-0.2, 0) is 28.4 Å². The van der Waals surface area contributed by atoms with Crippen LogP contribution in [0.15, 0.2) is 0 Å². The Hall–Kier alpha value is -0.560. The summed E-state index contributed by atoms with van der Waals surface area (Å²) < 4.78 is 33.0. The van der Waals surface area contributed by atoms with Crippen molar-refractivity contribution in [2.24, 2.45) is 17.2 Å². The monoisotopic (exact) mass is 540 g/mol. The first-order valence-corrected chi connectivity index (χ1v) is 13.5. The molecule has 0 bridgehead atoms. The van der Waals surface area contributed by atoms with Gasteiger partial charge in [0.1, 0.15) is 20.4 Å². The Kier molecular flexibility index (Phi) is 33.0. The predicted octanol–water partition coefficient (Wildman–Crippen LogP) is -3.51. The van der Waals surface area contributed by atoms with Crippen LogP contribution >= 0.6 is 0 Å². The van der Waals surface area contributed by atoms with Gasteiger partial charge in [0.15, 0.2) is 0 Å². The molecule has 14 heteroatoms. The lowest BCUT2D eigenvalue weighted by Gasteiger charge is -2.22. The van der Waals surface area contributed by atoms with Gasteiger partial charge in [0, 0.05) is 91.6 Å². The molecule has 0 amide bonds. The Balaban J connectivity index is 3.85. The Morgan fingerprint density at radius 1 is 0.378 bits per heavy atom. The number of nitrogens with one attached hydrogen (secondary N) is 4. The molecule has 37 heavy (non-hydrogen) atoms. The molecule has 10 N–H and O–H groups in total. The lowest BCUT2D eigenvalue weighted by molar-refractivity contribution is -0.0671. The van der Waals surface area contributed by atoms with Crippen LogP contribution in [0.3, 0.4) is 0 Å². The van der Waals surface area contributed by atoms with Crippen LogP contribution in [0.4, 0.5) is 0 Å². The minimum absolute atomic E-state index is 0.279. The van der Waals surface area contributed by atoms with E-state index in [1.807, 2.05) is 0 Å². The summed E-state index contributed by atoms with van der Waals surface area (Å²) in [6.45, 7) is 15.0. The van der Waals surface area contributed by atoms with E-state index in [0.717, 1.165) is 72.0 Å². The molecular formula is C23H56N8O6.